The highest BCUT2D eigenvalue weighted by atomic mass is 32.1. The zero-order valence-electron chi connectivity index (χ0n) is 10.4. The number of hydrogen-bond acceptors (Lipinski definition) is 4. The zero-order chi connectivity index (χ0) is 11.8. The van der Waals surface area contributed by atoms with Crippen molar-refractivity contribution in [2.75, 3.05) is 13.7 Å². The highest BCUT2D eigenvalue weighted by Gasteiger charge is 2.20. The average Bonchev–Trinajstić information content (AvgIpc) is 2.78. The maximum Gasteiger partial charge on any atom is 0.0941 e. The van der Waals surface area contributed by atoms with E-state index in [1.54, 1.807) is 18.4 Å². The summed E-state index contributed by atoms with van der Waals surface area (Å²) in [5, 5.41) is 6.71. The van der Waals surface area contributed by atoms with Crippen LogP contribution >= 0.6 is 11.3 Å². The maximum atomic E-state index is 5.57. The van der Waals surface area contributed by atoms with Crippen molar-refractivity contribution in [3.05, 3.63) is 16.6 Å². The van der Waals surface area contributed by atoms with Crippen molar-refractivity contribution < 1.29 is 4.74 Å². The van der Waals surface area contributed by atoms with Gasteiger partial charge in [-0.2, -0.15) is 0 Å². The van der Waals surface area contributed by atoms with Crippen molar-refractivity contribution in [1.29, 1.82) is 0 Å². The number of thiazole rings is 1. The molecule has 1 aromatic heterocycles. The number of hydrogen-bond donors (Lipinski definition) is 1. The number of methoxy groups -OCH3 is 1. The molecular formula is C12H22N2OS. The smallest absolute Gasteiger partial charge is 0.0941 e. The summed E-state index contributed by atoms with van der Waals surface area (Å²) in [5.74, 6) is 0. The molecule has 0 radical (unpaired) electrons. The molecule has 0 fully saturated rings. The summed E-state index contributed by atoms with van der Waals surface area (Å²) in [5.41, 5.74) is 0. The third kappa shape index (κ3) is 4.20. The van der Waals surface area contributed by atoms with Crippen molar-refractivity contribution in [3.8, 4) is 0 Å². The van der Waals surface area contributed by atoms with Crippen LogP contribution in [-0.4, -0.2) is 30.8 Å². The number of nitrogens with zero attached hydrogens (tertiary/aromatic N) is 1. The van der Waals surface area contributed by atoms with Crippen molar-refractivity contribution in [2.24, 2.45) is 0 Å². The van der Waals surface area contributed by atoms with E-state index in [9.17, 15) is 0 Å². The van der Waals surface area contributed by atoms with Gasteiger partial charge >= 0.3 is 0 Å². The van der Waals surface area contributed by atoms with Gasteiger partial charge in [0.1, 0.15) is 0 Å². The van der Waals surface area contributed by atoms with Crippen LogP contribution < -0.4 is 5.32 Å². The Balaban J connectivity index is 2.57. The number of likely N-dealkylation sites (N-methyl/N-ethyl adjacent to an activating group) is 1. The van der Waals surface area contributed by atoms with E-state index in [0.29, 0.717) is 6.04 Å². The topological polar surface area (TPSA) is 34.1 Å². The van der Waals surface area contributed by atoms with E-state index in [1.165, 1.54) is 5.01 Å². The summed E-state index contributed by atoms with van der Waals surface area (Å²) in [6.45, 7) is 5.30. The third-order valence-electron chi connectivity index (χ3n) is 2.67. The highest BCUT2D eigenvalue weighted by Crippen LogP contribution is 2.14. The predicted molar refractivity (Wildman–Crippen MR) is 69.0 cm³/mol. The van der Waals surface area contributed by atoms with Gasteiger partial charge in [-0.1, -0.05) is 20.3 Å². The molecule has 0 spiro atoms. The van der Waals surface area contributed by atoms with Gasteiger partial charge in [0.15, 0.2) is 0 Å². The van der Waals surface area contributed by atoms with Crippen LogP contribution in [0.3, 0.4) is 0 Å². The Bertz CT molecular complexity index is 264. The van der Waals surface area contributed by atoms with Crippen LogP contribution in [0.15, 0.2) is 11.6 Å². The highest BCUT2D eigenvalue weighted by molar-refractivity contribution is 7.09. The molecule has 2 atom stereocenters. The molecule has 0 aliphatic rings. The van der Waals surface area contributed by atoms with Crippen molar-refractivity contribution in [2.45, 2.75) is 45.3 Å². The predicted octanol–water partition coefficient (Wildman–Crippen LogP) is 2.48. The molecule has 0 aliphatic carbocycles. The molecule has 0 bridgehead atoms. The standard InChI is InChI=1S/C12H22N2OS/c1-4-6-11(15-3)10(13-5-2)9-12-14-7-8-16-12/h7-8,10-11,13H,4-6,9H2,1-3H3. The normalized spacial score (nSPS) is 14.9. The van der Waals surface area contributed by atoms with Gasteiger partial charge in [0.05, 0.1) is 11.1 Å². The lowest BCUT2D eigenvalue weighted by molar-refractivity contribution is 0.0614. The van der Waals surface area contributed by atoms with Gasteiger partial charge in [-0.05, 0) is 13.0 Å². The molecule has 92 valence electrons. The molecule has 0 aliphatic heterocycles. The fraction of sp³-hybridized carbons (Fsp3) is 0.750. The molecule has 0 saturated heterocycles. The second-order valence-electron chi connectivity index (χ2n) is 3.86. The summed E-state index contributed by atoms with van der Waals surface area (Å²) >= 11 is 1.72. The summed E-state index contributed by atoms with van der Waals surface area (Å²) in [6, 6.07) is 0.376. The molecule has 0 aromatic carbocycles. The number of aromatic nitrogens is 1. The summed E-state index contributed by atoms with van der Waals surface area (Å²) in [6.07, 6.45) is 5.36. The molecule has 16 heavy (non-hydrogen) atoms. The summed E-state index contributed by atoms with van der Waals surface area (Å²) < 4.78 is 5.57. The lowest BCUT2D eigenvalue weighted by Gasteiger charge is -2.25. The Kier molecular flexibility index (Phi) is 6.61. The molecule has 0 amide bonds. The van der Waals surface area contributed by atoms with Crippen LogP contribution in [0.2, 0.25) is 0 Å². The monoisotopic (exact) mass is 242 g/mol. The Morgan fingerprint density at radius 1 is 1.50 bits per heavy atom. The van der Waals surface area contributed by atoms with Gasteiger partial charge in [-0.15, -0.1) is 11.3 Å². The first-order chi connectivity index (χ1) is 7.81. The van der Waals surface area contributed by atoms with Crippen LogP contribution in [0.1, 0.15) is 31.7 Å². The molecule has 0 saturated carbocycles. The number of ether oxygens (including phenoxy) is 1. The quantitative estimate of drug-likeness (QED) is 0.760. The third-order valence-corrected chi connectivity index (χ3v) is 3.47. The van der Waals surface area contributed by atoms with Crippen LogP contribution in [0.5, 0.6) is 0 Å². The molecule has 3 nitrogen and oxygen atoms in total. The van der Waals surface area contributed by atoms with Crippen LogP contribution in [0.4, 0.5) is 0 Å². The minimum Gasteiger partial charge on any atom is -0.380 e. The number of nitrogens with one attached hydrogen (secondary N) is 1. The van der Waals surface area contributed by atoms with Crippen LogP contribution in [-0.2, 0) is 11.2 Å². The van der Waals surface area contributed by atoms with E-state index in [4.69, 9.17) is 4.74 Å². The van der Waals surface area contributed by atoms with Gasteiger partial charge in [0.2, 0.25) is 0 Å². The van der Waals surface area contributed by atoms with Crippen LogP contribution in [0.25, 0.3) is 0 Å². The summed E-state index contributed by atoms with van der Waals surface area (Å²) in [4.78, 5) is 4.34. The van der Waals surface area contributed by atoms with E-state index >= 15 is 0 Å². The molecule has 1 aromatic rings. The molecule has 4 heteroatoms. The van der Waals surface area contributed by atoms with Crippen molar-refractivity contribution in [1.82, 2.24) is 10.3 Å². The number of rotatable bonds is 8. The fourth-order valence-corrected chi connectivity index (χ4v) is 2.58. The SMILES string of the molecule is CCCC(OC)C(Cc1nccs1)NCC. The molecule has 1 rings (SSSR count). The lowest BCUT2D eigenvalue weighted by Crippen LogP contribution is -2.42. The van der Waals surface area contributed by atoms with Gasteiger partial charge in [0, 0.05) is 31.1 Å². The first kappa shape index (κ1) is 13.6. The molecular weight excluding hydrogens is 220 g/mol. The summed E-state index contributed by atoms with van der Waals surface area (Å²) in [7, 11) is 1.80. The Morgan fingerprint density at radius 3 is 2.81 bits per heavy atom. The van der Waals surface area contributed by atoms with Crippen molar-refractivity contribution >= 4 is 11.3 Å². The van der Waals surface area contributed by atoms with E-state index in [2.05, 4.69) is 24.1 Å². The lowest BCUT2D eigenvalue weighted by atomic mass is 10.0. The molecule has 1 heterocycles. The van der Waals surface area contributed by atoms with E-state index in [1.807, 2.05) is 11.6 Å². The molecule has 1 N–H and O–H groups in total. The van der Waals surface area contributed by atoms with Gasteiger partial charge in [0.25, 0.3) is 0 Å². The second-order valence-corrected chi connectivity index (χ2v) is 4.84. The van der Waals surface area contributed by atoms with Gasteiger partial charge in [-0.3, -0.25) is 0 Å². The van der Waals surface area contributed by atoms with Crippen LogP contribution in [0, 0.1) is 0 Å². The average molecular weight is 242 g/mol. The van der Waals surface area contributed by atoms with Crippen molar-refractivity contribution in [3.63, 3.8) is 0 Å². The fourth-order valence-electron chi connectivity index (χ4n) is 1.91. The van der Waals surface area contributed by atoms with Gasteiger partial charge < -0.3 is 10.1 Å². The van der Waals surface area contributed by atoms with E-state index < -0.39 is 0 Å². The second kappa shape index (κ2) is 7.76. The largest absolute Gasteiger partial charge is 0.380 e. The minimum absolute atomic E-state index is 0.286. The minimum atomic E-state index is 0.286. The maximum absolute atomic E-state index is 5.57. The first-order valence-corrected chi connectivity index (χ1v) is 6.84. The first-order valence-electron chi connectivity index (χ1n) is 5.96. The van der Waals surface area contributed by atoms with E-state index in [-0.39, 0.29) is 6.10 Å². The van der Waals surface area contributed by atoms with Gasteiger partial charge in [-0.25, -0.2) is 4.98 Å². The molecule has 2 unspecified atom stereocenters. The van der Waals surface area contributed by atoms with E-state index in [0.717, 1.165) is 25.8 Å². The Hall–Kier alpha value is -0.450. The zero-order valence-corrected chi connectivity index (χ0v) is 11.2. The Morgan fingerprint density at radius 2 is 2.31 bits per heavy atom. The Labute approximate surface area is 102 Å².